The average molecular weight is 463 g/mol. The molecule has 188 valence electrons. The van der Waals surface area contributed by atoms with Crippen LogP contribution in [0.5, 0.6) is 0 Å². The van der Waals surface area contributed by atoms with E-state index in [9.17, 15) is 25.2 Å². The van der Waals surface area contributed by atoms with Gasteiger partial charge in [-0.2, -0.15) is 0 Å². The molecule has 11 atom stereocenters. The van der Waals surface area contributed by atoms with E-state index in [1.54, 1.807) is 0 Å². The van der Waals surface area contributed by atoms with Gasteiger partial charge in [0, 0.05) is 11.8 Å². The van der Waals surface area contributed by atoms with Crippen LogP contribution in [0, 0.1) is 52.3 Å². The molecule has 3 saturated carbocycles. The van der Waals surface area contributed by atoms with E-state index in [0.29, 0.717) is 37.0 Å². The van der Waals surface area contributed by atoms with Crippen molar-refractivity contribution in [3.05, 3.63) is 11.6 Å². The molecule has 4 N–H and O–H groups in total. The standard InChI is InChI=1S/C28H46O5/c1-15(2)16(3)6-7-17(4)21-10-11-22-20-9-8-18-12-19(29)13-24(31)27(18,5)25(20)23(30)14-28(21,22)26(32)33/h8,15-17,19-25,29-31H,6-7,9-14H2,1-5H3,(H,32,33). The average Bonchev–Trinajstić information content (AvgIpc) is 3.13. The van der Waals surface area contributed by atoms with E-state index in [2.05, 4.69) is 33.8 Å². The summed E-state index contributed by atoms with van der Waals surface area (Å²) in [6, 6.07) is 0. The smallest absolute Gasteiger partial charge is 0.310 e. The molecule has 5 nitrogen and oxygen atoms in total. The quantitative estimate of drug-likeness (QED) is 0.431. The van der Waals surface area contributed by atoms with Crippen molar-refractivity contribution in [3.63, 3.8) is 0 Å². The van der Waals surface area contributed by atoms with Gasteiger partial charge in [-0.15, -0.1) is 0 Å². The first kappa shape index (κ1) is 25.2. The lowest BCUT2D eigenvalue weighted by molar-refractivity contribution is -0.188. The Morgan fingerprint density at radius 2 is 1.82 bits per heavy atom. The Bertz CT molecular complexity index is 776. The Labute approximate surface area is 199 Å². The second-order valence-electron chi connectivity index (χ2n) is 12.7. The number of hydrogen-bond donors (Lipinski definition) is 4. The molecule has 0 saturated heterocycles. The van der Waals surface area contributed by atoms with Gasteiger partial charge in [0.2, 0.25) is 0 Å². The summed E-state index contributed by atoms with van der Waals surface area (Å²) in [5, 5.41) is 43.6. The van der Waals surface area contributed by atoms with Gasteiger partial charge in [0.05, 0.1) is 23.7 Å². The normalized spacial score (nSPS) is 46.7. The van der Waals surface area contributed by atoms with Gasteiger partial charge in [-0.05, 0) is 73.5 Å². The number of carboxylic acids is 1. The maximum atomic E-state index is 13.0. The molecular formula is C28H46O5. The van der Waals surface area contributed by atoms with Crippen LogP contribution < -0.4 is 0 Å². The molecule has 4 aliphatic carbocycles. The van der Waals surface area contributed by atoms with E-state index in [1.165, 1.54) is 0 Å². The Kier molecular flexibility index (Phi) is 6.83. The van der Waals surface area contributed by atoms with Crippen LogP contribution in [-0.4, -0.2) is 44.7 Å². The van der Waals surface area contributed by atoms with Crippen LogP contribution >= 0.6 is 0 Å². The van der Waals surface area contributed by atoms with Crippen molar-refractivity contribution in [2.45, 2.75) is 104 Å². The van der Waals surface area contributed by atoms with Gasteiger partial charge in [-0.3, -0.25) is 4.79 Å². The van der Waals surface area contributed by atoms with Crippen molar-refractivity contribution < 1.29 is 25.2 Å². The number of hydrogen-bond acceptors (Lipinski definition) is 4. The van der Waals surface area contributed by atoms with Crippen LogP contribution in [-0.2, 0) is 4.79 Å². The van der Waals surface area contributed by atoms with E-state index in [1.807, 2.05) is 6.92 Å². The molecule has 0 spiro atoms. The first-order valence-corrected chi connectivity index (χ1v) is 13.4. The van der Waals surface area contributed by atoms with Gasteiger partial charge in [-0.1, -0.05) is 59.1 Å². The summed E-state index contributed by atoms with van der Waals surface area (Å²) < 4.78 is 0. The predicted molar refractivity (Wildman–Crippen MR) is 128 cm³/mol. The molecule has 0 radical (unpaired) electrons. The second kappa shape index (κ2) is 8.95. The van der Waals surface area contributed by atoms with E-state index < -0.39 is 35.1 Å². The molecule has 5 heteroatoms. The number of carboxylic acid groups (broad SMARTS) is 1. The molecule has 11 unspecified atom stereocenters. The Hall–Kier alpha value is -0.910. The lowest BCUT2D eigenvalue weighted by Crippen LogP contribution is -2.62. The van der Waals surface area contributed by atoms with Gasteiger partial charge in [0.25, 0.3) is 0 Å². The molecule has 0 heterocycles. The second-order valence-corrected chi connectivity index (χ2v) is 12.7. The lowest BCUT2D eigenvalue weighted by Gasteiger charge is -2.60. The van der Waals surface area contributed by atoms with E-state index >= 15 is 0 Å². The van der Waals surface area contributed by atoms with Crippen LogP contribution in [0.2, 0.25) is 0 Å². The maximum absolute atomic E-state index is 13.0. The number of aliphatic hydroxyl groups excluding tert-OH is 3. The number of carbonyl (C=O) groups is 1. The summed E-state index contributed by atoms with van der Waals surface area (Å²) in [6.07, 6.45) is 6.04. The third kappa shape index (κ3) is 3.81. The molecular weight excluding hydrogens is 416 g/mol. The summed E-state index contributed by atoms with van der Waals surface area (Å²) in [5.41, 5.74) is -0.396. The Balaban J connectivity index is 1.64. The SMILES string of the molecule is CC(C)C(C)CCC(C)C1CCC2C3CC=C4CC(O)CC(O)C4(C)C3C(O)CC12C(=O)O. The predicted octanol–water partition coefficient (Wildman–Crippen LogP) is 4.64. The highest BCUT2D eigenvalue weighted by Gasteiger charge is 2.68. The van der Waals surface area contributed by atoms with Gasteiger partial charge >= 0.3 is 5.97 Å². The summed E-state index contributed by atoms with van der Waals surface area (Å²) in [6.45, 7) is 11.1. The van der Waals surface area contributed by atoms with Crippen LogP contribution in [0.25, 0.3) is 0 Å². The fourth-order valence-electron chi connectivity index (χ4n) is 8.76. The van der Waals surface area contributed by atoms with Crippen molar-refractivity contribution in [1.29, 1.82) is 0 Å². The number of allylic oxidation sites excluding steroid dienone is 1. The molecule has 0 aromatic rings. The molecule has 3 fully saturated rings. The minimum atomic E-state index is -0.873. The highest BCUT2D eigenvalue weighted by Crippen LogP contribution is 2.67. The fraction of sp³-hybridized carbons (Fsp3) is 0.893. The van der Waals surface area contributed by atoms with Gasteiger partial charge in [0.1, 0.15) is 0 Å². The van der Waals surface area contributed by atoms with Crippen molar-refractivity contribution in [2.24, 2.45) is 52.3 Å². The van der Waals surface area contributed by atoms with Crippen molar-refractivity contribution in [1.82, 2.24) is 0 Å². The third-order valence-electron chi connectivity index (χ3n) is 11.0. The van der Waals surface area contributed by atoms with Crippen LogP contribution in [0.4, 0.5) is 0 Å². The molecule has 0 bridgehead atoms. The number of aliphatic hydroxyl groups is 3. The largest absolute Gasteiger partial charge is 0.481 e. The van der Waals surface area contributed by atoms with Crippen LogP contribution in [0.15, 0.2) is 11.6 Å². The van der Waals surface area contributed by atoms with Crippen molar-refractivity contribution in [2.75, 3.05) is 0 Å². The molecule has 0 aromatic carbocycles. The molecule has 33 heavy (non-hydrogen) atoms. The number of rotatable bonds is 6. The molecule has 4 aliphatic rings. The first-order chi connectivity index (χ1) is 15.4. The lowest BCUT2D eigenvalue weighted by atomic mass is 9.45. The molecule has 4 rings (SSSR count). The zero-order valence-corrected chi connectivity index (χ0v) is 21.2. The monoisotopic (exact) mass is 462 g/mol. The van der Waals surface area contributed by atoms with Crippen LogP contribution in [0.1, 0.15) is 86.0 Å². The summed E-state index contributed by atoms with van der Waals surface area (Å²) >= 11 is 0. The van der Waals surface area contributed by atoms with E-state index in [0.717, 1.165) is 37.7 Å². The highest BCUT2D eigenvalue weighted by molar-refractivity contribution is 5.76. The minimum Gasteiger partial charge on any atom is -0.481 e. The molecule has 0 aromatic heterocycles. The van der Waals surface area contributed by atoms with Gasteiger partial charge in [-0.25, -0.2) is 0 Å². The molecule has 0 aliphatic heterocycles. The number of fused-ring (bicyclic) bond motifs is 5. The Morgan fingerprint density at radius 1 is 1.12 bits per heavy atom. The zero-order valence-electron chi connectivity index (χ0n) is 21.2. The summed E-state index contributed by atoms with van der Waals surface area (Å²) in [5.74, 6) is 0.883. The van der Waals surface area contributed by atoms with Gasteiger partial charge in [0.15, 0.2) is 0 Å². The van der Waals surface area contributed by atoms with Crippen molar-refractivity contribution >= 4 is 5.97 Å². The van der Waals surface area contributed by atoms with Crippen molar-refractivity contribution in [3.8, 4) is 0 Å². The summed E-state index contributed by atoms with van der Waals surface area (Å²) in [7, 11) is 0. The zero-order chi connectivity index (χ0) is 24.3. The first-order valence-electron chi connectivity index (χ1n) is 13.4. The summed E-state index contributed by atoms with van der Waals surface area (Å²) in [4.78, 5) is 13.0. The van der Waals surface area contributed by atoms with E-state index in [-0.39, 0.29) is 23.7 Å². The van der Waals surface area contributed by atoms with Gasteiger partial charge < -0.3 is 20.4 Å². The third-order valence-corrected chi connectivity index (χ3v) is 11.0. The Morgan fingerprint density at radius 3 is 2.45 bits per heavy atom. The minimum absolute atomic E-state index is 0.0343. The fourth-order valence-corrected chi connectivity index (χ4v) is 8.76. The maximum Gasteiger partial charge on any atom is 0.310 e. The van der Waals surface area contributed by atoms with E-state index in [4.69, 9.17) is 0 Å². The molecule has 0 amide bonds. The van der Waals surface area contributed by atoms with Crippen LogP contribution in [0.3, 0.4) is 0 Å². The topological polar surface area (TPSA) is 98.0 Å². The highest BCUT2D eigenvalue weighted by atomic mass is 16.4. The number of aliphatic carboxylic acids is 1.